The average Bonchev–Trinajstić information content (AvgIpc) is 2.31. The van der Waals surface area contributed by atoms with Gasteiger partial charge >= 0.3 is 0 Å². The Kier molecular flexibility index (Phi) is 3.69. The first-order valence-electron chi connectivity index (χ1n) is 5.88. The van der Waals surface area contributed by atoms with Crippen LogP contribution in [0.3, 0.4) is 0 Å². The van der Waals surface area contributed by atoms with E-state index in [-0.39, 0.29) is 11.8 Å². The van der Waals surface area contributed by atoms with E-state index in [1.54, 1.807) is 0 Å². The van der Waals surface area contributed by atoms with Crippen molar-refractivity contribution in [1.29, 1.82) is 0 Å². The topological polar surface area (TPSA) is 49.4 Å². The van der Waals surface area contributed by atoms with E-state index in [2.05, 4.69) is 5.32 Å². The fourth-order valence-electron chi connectivity index (χ4n) is 2.00. The SMILES string of the molecule is CC1CN(c2ccccc2)S(=O)(=O)CCCN1. The fourth-order valence-corrected chi connectivity index (χ4v) is 3.62. The van der Waals surface area contributed by atoms with Crippen LogP contribution in [-0.2, 0) is 10.0 Å². The summed E-state index contributed by atoms with van der Waals surface area (Å²) in [5.41, 5.74) is 0.753. The van der Waals surface area contributed by atoms with E-state index in [9.17, 15) is 8.42 Å². The van der Waals surface area contributed by atoms with Crippen molar-refractivity contribution in [3.05, 3.63) is 30.3 Å². The van der Waals surface area contributed by atoms with Crippen LogP contribution in [0.25, 0.3) is 0 Å². The Morgan fingerprint density at radius 1 is 1.29 bits per heavy atom. The van der Waals surface area contributed by atoms with Crippen LogP contribution in [0.4, 0.5) is 5.69 Å². The van der Waals surface area contributed by atoms with E-state index in [1.807, 2.05) is 37.3 Å². The largest absolute Gasteiger partial charge is 0.312 e. The number of hydrogen-bond donors (Lipinski definition) is 1. The Morgan fingerprint density at radius 3 is 2.71 bits per heavy atom. The lowest BCUT2D eigenvalue weighted by atomic mass is 10.2. The first-order valence-corrected chi connectivity index (χ1v) is 7.49. The summed E-state index contributed by atoms with van der Waals surface area (Å²) >= 11 is 0. The zero-order valence-corrected chi connectivity index (χ0v) is 10.8. The van der Waals surface area contributed by atoms with Crippen molar-refractivity contribution in [3.8, 4) is 0 Å². The number of nitrogens with one attached hydrogen (secondary N) is 1. The zero-order chi connectivity index (χ0) is 12.3. The predicted octanol–water partition coefficient (Wildman–Crippen LogP) is 1.20. The van der Waals surface area contributed by atoms with Gasteiger partial charge in [0.25, 0.3) is 0 Å². The molecule has 2 rings (SSSR count). The summed E-state index contributed by atoms with van der Waals surface area (Å²) in [7, 11) is -3.18. The summed E-state index contributed by atoms with van der Waals surface area (Å²) in [6.07, 6.45) is 0.663. The van der Waals surface area contributed by atoms with Gasteiger partial charge in [0, 0.05) is 12.6 Å². The molecule has 1 fully saturated rings. The monoisotopic (exact) mass is 254 g/mol. The standard InChI is InChI=1S/C12H18N2O2S/c1-11-10-14(12-6-3-2-4-7-12)17(15,16)9-5-8-13-11/h2-4,6-7,11,13H,5,8-10H2,1H3. The lowest BCUT2D eigenvalue weighted by Gasteiger charge is -2.30. The van der Waals surface area contributed by atoms with Gasteiger partial charge in [0.15, 0.2) is 0 Å². The molecule has 0 aromatic heterocycles. The van der Waals surface area contributed by atoms with Crippen LogP contribution < -0.4 is 9.62 Å². The van der Waals surface area contributed by atoms with Crippen LogP contribution in [0.2, 0.25) is 0 Å². The smallest absolute Gasteiger partial charge is 0.235 e. The summed E-state index contributed by atoms with van der Waals surface area (Å²) < 4.78 is 25.9. The molecule has 0 amide bonds. The fraction of sp³-hybridized carbons (Fsp3) is 0.500. The highest BCUT2D eigenvalue weighted by Crippen LogP contribution is 2.19. The van der Waals surface area contributed by atoms with Crippen molar-refractivity contribution in [2.24, 2.45) is 0 Å². The van der Waals surface area contributed by atoms with Gasteiger partial charge in [0.05, 0.1) is 11.4 Å². The van der Waals surface area contributed by atoms with Crippen LogP contribution in [-0.4, -0.2) is 33.3 Å². The van der Waals surface area contributed by atoms with Crippen molar-refractivity contribution in [2.75, 3.05) is 23.1 Å². The summed E-state index contributed by atoms with van der Waals surface area (Å²) in [6, 6.07) is 9.47. The average molecular weight is 254 g/mol. The number of sulfonamides is 1. The highest BCUT2D eigenvalue weighted by Gasteiger charge is 2.25. The lowest BCUT2D eigenvalue weighted by molar-refractivity contribution is 0.523. The van der Waals surface area contributed by atoms with Gasteiger partial charge in [-0.05, 0) is 32.0 Å². The number of nitrogens with zero attached hydrogens (tertiary/aromatic N) is 1. The summed E-state index contributed by atoms with van der Waals surface area (Å²) in [5.74, 6) is 0.210. The molecule has 1 saturated heterocycles. The van der Waals surface area contributed by atoms with Crippen molar-refractivity contribution in [2.45, 2.75) is 19.4 Å². The van der Waals surface area contributed by atoms with Crippen molar-refractivity contribution in [3.63, 3.8) is 0 Å². The van der Waals surface area contributed by atoms with Gasteiger partial charge < -0.3 is 5.32 Å². The van der Waals surface area contributed by atoms with Crippen LogP contribution >= 0.6 is 0 Å². The van der Waals surface area contributed by atoms with E-state index >= 15 is 0 Å². The van der Waals surface area contributed by atoms with Gasteiger partial charge in [-0.25, -0.2) is 8.42 Å². The molecular formula is C12H18N2O2S. The van der Waals surface area contributed by atoms with Crippen LogP contribution in [0.15, 0.2) is 30.3 Å². The summed E-state index contributed by atoms with van der Waals surface area (Å²) in [6.45, 7) is 3.27. The van der Waals surface area contributed by atoms with Crippen LogP contribution in [0.1, 0.15) is 13.3 Å². The molecule has 0 bridgehead atoms. The second kappa shape index (κ2) is 5.06. The van der Waals surface area contributed by atoms with Gasteiger partial charge in [-0.1, -0.05) is 18.2 Å². The normalized spacial score (nSPS) is 25.0. The van der Waals surface area contributed by atoms with Gasteiger partial charge in [-0.2, -0.15) is 0 Å². The molecule has 1 aromatic rings. The second-order valence-corrected chi connectivity index (χ2v) is 6.40. The first kappa shape index (κ1) is 12.4. The minimum absolute atomic E-state index is 0.172. The highest BCUT2D eigenvalue weighted by atomic mass is 32.2. The lowest BCUT2D eigenvalue weighted by Crippen LogP contribution is -2.46. The van der Waals surface area contributed by atoms with Crippen molar-refractivity contribution < 1.29 is 8.42 Å². The molecule has 1 heterocycles. The molecule has 17 heavy (non-hydrogen) atoms. The molecule has 1 unspecified atom stereocenters. The predicted molar refractivity (Wildman–Crippen MR) is 69.7 cm³/mol. The molecule has 1 aromatic carbocycles. The molecule has 1 N–H and O–H groups in total. The van der Waals surface area contributed by atoms with E-state index in [1.165, 1.54) is 4.31 Å². The molecule has 1 aliphatic rings. The van der Waals surface area contributed by atoms with E-state index in [4.69, 9.17) is 0 Å². The Hall–Kier alpha value is -1.07. The number of hydrogen-bond acceptors (Lipinski definition) is 3. The van der Waals surface area contributed by atoms with Crippen molar-refractivity contribution in [1.82, 2.24) is 5.32 Å². The summed E-state index contributed by atoms with van der Waals surface area (Å²) in [4.78, 5) is 0. The molecule has 0 spiro atoms. The van der Waals surface area contributed by atoms with E-state index < -0.39 is 10.0 Å². The molecule has 0 saturated carbocycles. The first-order chi connectivity index (χ1) is 8.09. The minimum atomic E-state index is -3.18. The maximum absolute atomic E-state index is 12.2. The number of benzene rings is 1. The van der Waals surface area contributed by atoms with Gasteiger partial charge in [0.2, 0.25) is 10.0 Å². The minimum Gasteiger partial charge on any atom is -0.312 e. The Balaban J connectivity index is 2.32. The molecule has 94 valence electrons. The van der Waals surface area contributed by atoms with Gasteiger partial charge in [0.1, 0.15) is 0 Å². The summed E-state index contributed by atoms with van der Waals surface area (Å²) in [5, 5.41) is 3.32. The molecule has 5 heteroatoms. The van der Waals surface area contributed by atoms with E-state index in [0.717, 1.165) is 12.2 Å². The third-order valence-corrected chi connectivity index (χ3v) is 4.73. The van der Waals surface area contributed by atoms with Gasteiger partial charge in [-0.3, -0.25) is 4.31 Å². The zero-order valence-electron chi connectivity index (χ0n) is 9.96. The third-order valence-electron chi connectivity index (χ3n) is 2.89. The van der Waals surface area contributed by atoms with E-state index in [0.29, 0.717) is 13.0 Å². The third kappa shape index (κ3) is 2.98. The number of rotatable bonds is 1. The Morgan fingerprint density at radius 2 is 2.00 bits per heavy atom. The molecule has 0 aliphatic carbocycles. The molecule has 4 nitrogen and oxygen atoms in total. The number of anilines is 1. The molecular weight excluding hydrogens is 236 g/mol. The van der Waals surface area contributed by atoms with Crippen molar-refractivity contribution >= 4 is 15.7 Å². The van der Waals surface area contributed by atoms with Crippen LogP contribution in [0, 0.1) is 0 Å². The quantitative estimate of drug-likeness (QED) is 0.819. The maximum Gasteiger partial charge on any atom is 0.235 e. The molecule has 1 aliphatic heterocycles. The Bertz CT molecular complexity index is 459. The number of para-hydroxylation sites is 1. The maximum atomic E-state index is 12.2. The highest BCUT2D eigenvalue weighted by molar-refractivity contribution is 7.92. The molecule has 0 radical (unpaired) electrons. The van der Waals surface area contributed by atoms with Crippen LogP contribution in [0.5, 0.6) is 0 Å². The Labute approximate surface area is 103 Å². The second-order valence-electron chi connectivity index (χ2n) is 4.39. The van der Waals surface area contributed by atoms with Gasteiger partial charge in [-0.15, -0.1) is 0 Å². The molecule has 1 atom stereocenters.